The van der Waals surface area contributed by atoms with E-state index in [0.717, 1.165) is 43.6 Å². The number of aliphatic carboxylic acids is 1. The van der Waals surface area contributed by atoms with E-state index in [1.807, 2.05) is 55.5 Å². The number of carboxylic acid groups (broad SMARTS) is 1. The standard InChI is InChI=1S/C42H48F2N8O9.ClH/c1-4-38(28(2)53)52-40(56)51(26-46-52)34-8-6-32(7-9-34)47-15-17-48(18-16-47)33-10-12-35(13-11-33)58-21-30-20-42(60-22-30,36-14-5-31(43)19-37(36)44)24-50-27-49(25-45-50)29(3)61-41(57)59-23-39(54)55;/h5-14,19,25-30,38,53H,4,15-18,20-24H2,1-3H3;1H/t28-,29?,30+,38-,42-;/m0./s1. The first kappa shape index (κ1) is 45.5. The van der Waals surface area contributed by atoms with E-state index in [0.29, 0.717) is 24.3 Å². The lowest BCUT2D eigenvalue weighted by Crippen LogP contribution is -3.00. The summed E-state index contributed by atoms with van der Waals surface area (Å²) in [5, 5.41) is 27.4. The third-order valence-electron chi connectivity index (χ3n) is 11.1. The van der Waals surface area contributed by atoms with Crippen LogP contribution in [0.5, 0.6) is 5.75 Å². The van der Waals surface area contributed by atoms with Gasteiger partial charge >= 0.3 is 17.8 Å². The molecule has 20 heteroatoms. The quantitative estimate of drug-likeness (QED) is 0.107. The summed E-state index contributed by atoms with van der Waals surface area (Å²) in [6.45, 7) is 8.02. The zero-order chi connectivity index (χ0) is 43.3. The fourth-order valence-electron chi connectivity index (χ4n) is 7.89. The first-order chi connectivity index (χ1) is 29.3. The van der Waals surface area contributed by atoms with Crippen LogP contribution >= 0.6 is 0 Å². The highest BCUT2D eigenvalue weighted by Crippen LogP contribution is 2.42. The van der Waals surface area contributed by atoms with Gasteiger partial charge in [-0.25, -0.2) is 32.4 Å². The van der Waals surface area contributed by atoms with Crippen LogP contribution in [0.4, 0.5) is 25.0 Å². The predicted molar refractivity (Wildman–Crippen MR) is 214 cm³/mol. The molecule has 2 aliphatic heterocycles. The van der Waals surface area contributed by atoms with Crippen LogP contribution in [0.1, 0.15) is 51.4 Å². The monoisotopic (exact) mass is 882 g/mol. The van der Waals surface area contributed by atoms with Crippen LogP contribution in [0.15, 0.2) is 90.5 Å². The highest BCUT2D eigenvalue weighted by molar-refractivity contribution is 5.71. The average Bonchev–Trinajstić information content (AvgIpc) is 3.99. The summed E-state index contributed by atoms with van der Waals surface area (Å²) in [7, 11) is 0. The van der Waals surface area contributed by atoms with E-state index in [2.05, 4.69) is 24.7 Å². The minimum atomic E-state index is -1.33. The van der Waals surface area contributed by atoms with Gasteiger partial charge in [0, 0.05) is 67.1 Å². The van der Waals surface area contributed by atoms with Gasteiger partial charge in [-0.15, -0.1) is 4.68 Å². The number of benzene rings is 3. The molecule has 3 aromatic carbocycles. The van der Waals surface area contributed by atoms with Crippen LogP contribution in [0.3, 0.4) is 0 Å². The Balaban J connectivity index is 0.00000641. The van der Waals surface area contributed by atoms with E-state index in [9.17, 15) is 23.9 Å². The lowest BCUT2D eigenvalue weighted by molar-refractivity contribution is -0.754. The van der Waals surface area contributed by atoms with Crippen molar-refractivity contribution in [2.24, 2.45) is 5.92 Å². The number of aromatic nitrogens is 6. The molecule has 7 rings (SSSR count). The molecule has 0 spiro atoms. The fraction of sp³-hybridized carbons (Fsp3) is 0.429. The smallest absolute Gasteiger partial charge is 0.511 e. The van der Waals surface area contributed by atoms with Gasteiger partial charge in [0.15, 0.2) is 6.61 Å². The van der Waals surface area contributed by atoms with Gasteiger partial charge in [-0.1, -0.05) is 13.0 Å². The number of rotatable bonds is 16. The third kappa shape index (κ3) is 10.3. The summed E-state index contributed by atoms with van der Waals surface area (Å²) >= 11 is 0. The minimum absolute atomic E-state index is 0. The summed E-state index contributed by atoms with van der Waals surface area (Å²) in [5.41, 5.74) is 1.46. The maximum atomic E-state index is 15.3. The van der Waals surface area contributed by atoms with Crippen molar-refractivity contribution in [3.05, 3.63) is 113 Å². The van der Waals surface area contributed by atoms with Crippen molar-refractivity contribution < 1.29 is 64.5 Å². The number of aliphatic hydroxyl groups excluding tert-OH is 1. The van der Waals surface area contributed by atoms with Gasteiger partial charge in [0.1, 0.15) is 35.9 Å². The molecule has 0 aliphatic carbocycles. The van der Waals surface area contributed by atoms with Gasteiger partial charge < -0.3 is 51.4 Å². The molecule has 5 aromatic rings. The summed E-state index contributed by atoms with van der Waals surface area (Å²) < 4.78 is 57.3. The van der Waals surface area contributed by atoms with Gasteiger partial charge in [-0.3, -0.25) is 0 Å². The molecule has 2 N–H and O–H groups in total. The van der Waals surface area contributed by atoms with Crippen molar-refractivity contribution in [2.45, 2.75) is 64.1 Å². The van der Waals surface area contributed by atoms with Crippen molar-refractivity contribution in [1.29, 1.82) is 0 Å². The third-order valence-corrected chi connectivity index (χ3v) is 11.1. The van der Waals surface area contributed by atoms with Gasteiger partial charge in [-0.2, -0.15) is 9.67 Å². The van der Waals surface area contributed by atoms with E-state index in [4.69, 9.17) is 19.3 Å². The lowest BCUT2D eigenvalue weighted by Gasteiger charge is -2.37. The largest absolute Gasteiger partial charge is 1.00 e. The average molecular weight is 883 g/mol. The fourth-order valence-corrected chi connectivity index (χ4v) is 7.89. The molecule has 0 saturated carbocycles. The maximum Gasteiger partial charge on any atom is 0.511 e. The van der Waals surface area contributed by atoms with E-state index in [-0.39, 0.29) is 49.3 Å². The van der Waals surface area contributed by atoms with Crippen LogP contribution in [-0.4, -0.2) is 98.6 Å². The number of halogens is 3. The second-order valence-electron chi connectivity index (χ2n) is 15.3. The molecule has 0 bridgehead atoms. The number of hydrogen-bond acceptors (Lipinski definition) is 12. The number of ether oxygens (including phenoxy) is 4. The Labute approximate surface area is 362 Å². The van der Waals surface area contributed by atoms with Crippen molar-refractivity contribution in [3.8, 4) is 11.4 Å². The van der Waals surface area contributed by atoms with Gasteiger partial charge in [0.2, 0.25) is 12.6 Å². The predicted octanol–water partition coefficient (Wildman–Crippen LogP) is 1.23. The molecular formula is C42H49ClF2N8O9. The van der Waals surface area contributed by atoms with E-state index in [1.54, 1.807) is 6.92 Å². The molecule has 0 amide bonds. The summed E-state index contributed by atoms with van der Waals surface area (Å²) in [6, 6.07) is 18.7. The van der Waals surface area contributed by atoms with E-state index in [1.165, 1.54) is 56.5 Å². The molecule has 4 heterocycles. The van der Waals surface area contributed by atoms with Gasteiger partial charge in [0.05, 0.1) is 31.0 Å². The topological polar surface area (TPSA) is 180 Å². The van der Waals surface area contributed by atoms with E-state index < -0.39 is 54.3 Å². The molecule has 17 nitrogen and oxygen atoms in total. The van der Waals surface area contributed by atoms with Crippen molar-refractivity contribution in [2.75, 3.05) is 55.8 Å². The highest BCUT2D eigenvalue weighted by Gasteiger charge is 2.46. The van der Waals surface area contributed by atoms with Crippen molar-refractivity contribution >= 4 is 23.5 Å². The number of carbonyl (C=O) groups excluding carboxylic acids is 1. The Bertz CT molecular complexity index is 2350. The summed E-state index contributed by atoms with van der Waals surface area (Å²) in [5.74, 6) is -2.29. The van der Waals surface area contributed by atoms with Crippen LogP contribution in [0, 0.1) is 17.6 Å². The normalized spacial score (nSPS) is 19.0. The number of nitrogens with zero attached hydrogens (tertiary/aromatic N) is 8. The maximum absolute atomic E-state index is 15.3. The second kappa shape index (κ2) is 19.8. The summed E-state index contributed by atoms with van der Waals surface area (Å²) in [6.07, 6.45) is 2.54. The Morgan fingerprint density at radius 1 is 0.968 bits per heavy atom. The van der Waals surface area contributed by atoms with E-state index >= 15 is 4.39 Å². The number of hydrogen-bond donors (Lipinski definition) is 2. The first-order valence-corrected chi connectivity index (χ1v) is 20.1. The molecule has 2 aliphatic rings. The molecular weight excluding hydrogens is 834 g/mol. The van der Waals surface area contributed by atoms with Gasteiger partial charge in [0.25, 0.3) is 6.33 Å². The molecule has 5 atom stereocenters. The van der Waals surface area contributed by atoms with Crippen LogP contribution in [0.25, 0.3) is 5.69 Å². The van der Waals surface area contributed by atoms with Gasteiger partial charge in [-0.05, 0) is 74.4 Å². The number of anilines is 2. The molecule has 0 radical (unpaired) electrons. The number of piperazine rings is 1. The zero-order valence-electron chi connectivity index (χ0n) is 34.4. The van der Waals surface area contributed by atoms with Crippen molar-refractivity contribution in [3.63, 3.8) is 0 Å². The Hall–Kier alpha value is -6.05. The number of aliphatic hydroxyl groups is 1. The molecule has 2 aromatic heterocycles. The summed E-state index contributed by atoms with van der Waals surface area (Å²) in [4.78, 5) is 40.2. The highest BCUT2D eigenvalue weighted by atomic mass is 35.5. The van der Waals surface area contributed by atoms with Crippen LogP contribution in [-0.2, 0) is 31.2 Å². The Kier molecular flexibility index (Phi) is 14.5. The van der Waals surface area contributed by atoms with Crippen molar-refractivity contribution in [1.82, 2.24) is 24.1 Å². The SMILES string of the molecule is CC[C@@H]([C@H](C)O)n1ncn(-c2ccc(N3CCN(c4ccc(OC[C@@H]5CO[C@@](Cn6c[n+](C(C)OC(=O)OCC(=O)O)cn6)(c6ccc(F)cc6F)C5)cc4)CC3)cc2)c1=O.[Cl-]. The minimum Gasteiger partial charge on any atom is -1.00 e. The first-order valence-electron chi connectivity index (χ1n) is 20.1. The Morgan fingerprint density at radius 2 is 1.61 bits per heavy atom. The molecule has 62 heavy (non-hydrogen) atoms. The van der Waals surface area contributed by atoms with Crippen LogP contribution < -0.4 is 37.2 Å². The zero-order valence-corrected chi connectivity index (χ0v) is 35.2. The Morgan fingerprint density at radius 3 is 2.23 bits per heavy atom. The molecule has 2 fully saturated rings. The number of carboxylic acids is 1. The second-order valence-corrected chi connectivity index (χ2v) is 15.3. The number of carbonyl (C=O) groups is 2. The molecule has 332 valence electrons. The molecule has 1 unspecified atom stereocenters. The molecule has 2 saturated heterocycles. The van der Waals surface area contributed by atoms with Crippen LogP contribution in [0.2, 0.25) is 0 Å². The lowest BCUT2D eigenvalue weighted by atomic mass is 9.87.